The lowest BCUT2D eigenvalue weighted by Gasteiger charge is -2.30. The molecule has 0 bridgehead atoms. The third kappa shape index (κ3) is 9.36. The number of nitrogens with zero attached hydrogens (tertiary/aromatic N) is 3. The van der Waals surface area contributed by atoms with Crippen LogP contribution in [0.3, 0.4) is 0 Å². The smallest absolute Gasteiger partial charge is 0.308 e. The van der Waals surface area contributed by atoms with E-state index in [-0.39, 0.29) is 36.3 Å². The molecule has 3 aromatic rings. The van der Waals surface area contributed by atoms with Crippen molar-refractivity contribution in [3.63, 3.8) is 0 Å². The van der Waals surface area contributed by atoms with E-state index < -0.39 is 21.7 Å². The molecule has 1 heterocycles. The second kappa shape index (κ2) is 15.1. The van der Waals surface area contributed by atoms with E-state index in [2.05, 4.69) is 4.98 Å². The molecule has 0 aliphatic rings. The molecule has 0 aliphatic heterocycles. The van der Waals surface area contributed by atoms with Gasteiger partial charge in [0.05, 0.1) is 11.3 Å². The number of unbranched alkanes of at least 4 members (excludes halogenated alkanes) is 1. The number of amides is 1. The molecular weight excluding hydrogens is 598 g/mol. The molecule has 1 atom stereocenters. The summed E-state index contributed by atoms with van der Waals surface area (Å²) in [5.74, 6) is -0.514. The van der Waals surface area contributed by atoms with Crippen LogP contribution in [0, 0.1) is 13.8 Å². The fraction of sp³-hybridized carbons (Fsp3) is 0.441. The van der Waals surface area contributed by atoms with Crippen molar-refractivity contribution in [2.24, 2.45) is 0 Å². The Kier molecular flexibility index (Phi) is 12.1. The van der Waals surface area contributed by atoms with Gasteiger partial charge in [-0.05, 0) is 106 Å². The van der Waals surface area contributed by atoms with Crippen molar-refractivity contribution >= 4 is 33.5 Å². The number of esters is 1. The predicted octanol–water partition coefficient (Wildman–Crippen LogP) is 7.13. The van der Waals surface area contributed by atoms with Crippen molar-refractivity contribution in [3.8, 4) is 11.1 Å². The first kappa shape index (κ1) is 35.2. The molecule has 0 unspecified atom stereocenters. The first-order valence-corrected chi connectivity index (χ1v) is 16.7. The Morgan fingerprint density at radius 3 is 2.34 bits per heavy atom. The van der Waals surface area contributed by atoms with Crippen molar-refractivity contribution in [3.05, 3.63) is 82.6 Å². The van der Waals surface area contributed by atoms with Crippen LogP contribution in [0.15, 0.2) is 65.8 Å². The number of benzene rings is 2. The van der Waals surface area contributed by atoms with Crippen LogP contribution in [-0.2, 0) is 24.3 Å². The number of sulfonamides is 1. The number of carbonyl (C=O) groups is 2. The van der Waals surface area contributed by atoms with Crippen LogP contribution < -0.4 is 0 Å². The number of carbonyl (C=O) groups excluding carboxylic acids is 2. The highest BCUT2D eigenvalue weighted by Gasteiger charge is 2.31. The van der Waals surface area contributed by atoms with Gasteiger partial charge in [0.15, 0.2) is 0 Å². The van der Waals surface area contributed by atoms with Crippen LogP contribution in [-0.4, -0.2) is 59.7 Å². The summed E-state index contributed by atoms with van der Waals surface area (Å²) in [7, 11) is -3.95. The minimum atomic E-state index is -3.95. The van der Waals surface area contributed by atoms with Gasteiger partial charge in [-0.25, -0.2) is 8.42 Å². The predicted molar refractivity (Wildman–Crippen MR) is 175 cm³/mol. The zero-order valence-corrected chi connectivity index (χ0v) is 28.3. The number of aryl methyl sites for hydroxylation is 1. The number of halogens is 1. The Balaban J connectivity index is 1.84. The van der Waals surface area contributed by atoms with Crippen molar-refractivity contribution in [1.29, 1.82) is 0 Å². The highest BCUT2D eigenvalue weighted by Crippen LogP contribution is 2.33. The van der Waals surface area contributed by atoms with Crippen molar-refractivity contribution in [2.45, 2.75) is 84.3 Å². The van der Waals surface area contributed by atoms with Gasteiger partial charge in [0, 0.05) is 50.0 Å². The molecule has 10 heteroatoms. The summed E-state index contributed by atoms with van der Waals surface area (Å²) in [6.07, 6.45) is 4.70. The summed E-state index contributed by atoms with van der Waals surface area (Å²) >= 11 is 6.34. The van der Waals surface area contributed by atoms with E-state index in [1.807, 2.05) is 50.4 Å². The molecule has 238 valence electrons. The second-order valence-electron chi connectivity index (χ2n) is 12.0. The summed E-state index contributed by atoms with van der Waals surface area (Å²) in [6, 6.07) is 14.3. The second-order valence-corrected chi connectivity index (χ2v) is 14.3. The molecule has 0 radical (unpaired) electrons. The third-order valence-corrected chi connectivity index (χ3v) is 9.97. The minimum Gasteiger partial charge on any atom is -0.460 e. The SMILES string of the molecule is CC(=O)N(CCCCN([C@@H](C)c1cccc(-c2ccncc2C)c1)S(=O)(=O)c1cccc(Cl)c1C)CCC(=O)OC(C)(C)C. The van der Waals surface area contributed by atoms with Gasteiger partial charge < -0.3 is 9.64 Å². The van der Waals surface area contributed by atoms with Gasteiger partial charge in [-0.15, -0.1) is 0 Å². The Morgan fingerprint density at radius 1 is 1.00 bits per heavy atom. The maximum absolute atomic E-state index is 14.2. The first-order chi connectivity index (χ1) is 20.6. The van der Waals surface area contributed by atoms with Crippen molar-refractivity contribution in [2.75, 3.05) is 19.6 Å². The molecule has 44 heavy (non-hydrogen) atoms. The van der Waals surface area contributed by atoms with Gasteiger partial charge >= 0.3 is 5.97 Å². The Morgan fingerprint density at radius 2 is 1.68 bits per heavy atom. The van der Waals surface area contributed by atoms with E-state index in [0.29, 0.717) is 30.0 Å². The van der Waals surface area contributed by atoms with Gasteiger partial charge in [0.25, 0.3) is 0 Å². The highest BCUT2D eigenvalue weighted by molar-refractivity contribution is 7.89. The first-order valence-electron chi connectivity index (χ1n) is 14.9. The maximum Gasteiger partial charge on any atom is 0.308 e. The normalized spacial score (nSPS) is 12.7. The van der Waals surface area contributed by atoms with Gasteiger partial charge in [-0.2, -0.15) is 4.31 Å². The lowest BCUT2D eigenvalue weighted by Crippen LogP contribution is -2.36. The molecule has 1 aromatic heterocycles. The zero-order valence-electron chi connectivity index (χ0n) is 26.8. The molecule has 3 rings (SSSR count). The number of rotatable bonds is 13. The van der Waals surface area contributed by atoms with Crippen LogP contribution in [0.5, 0.6) is 0 Å². The van der Waals surface area contributed by atoms with Crippen LogP contribution >= 0.6 is 11.6 Å². The molecule has 0 fully saturated rings. The lowest BCUT2D eigenvalue weighted by atomic mass is 9.98. The molecule has 1 amide bonds. The number of pyridine rings is 1. The lowest BCUT2D eigenvalue weighted by molar-refractivity contribution is -0.155. The average molecular weight is 642 g/mol. The Bertz CT molecular complexity index is 1570. The van der Waals surface area contributed by atoms with Gasteiger partial charge in [-0.3, -0.25) is 14.6 Å². The monoisotopic (exact) mass is 641 g/mol. The molecule has 8 nitrogen and oxygen atoms in total. The van der Waals surface area contributed by atoms with Gasteiger partial charge in [-0.1, -0.05) is 35.9 Å². The maximum atomic E-state index is 14.2. The standard InChI is InChI=1S/C34H44ClN3O5S/c1-24-23-36-18-16-30(24)29-13-10-12-28(22-29)26(3)38(44(41,42)32-15-11-14-31(35)25(32)2)20-9-8-19-37(27(4)39)21-17-33(40)43-34(5,6)7/h10-16,18,22-23,26H,8-9,17,19-21H2,1-7H3/t26-/m0/s1. The molecule has 0 N–H and O–H groups in total. The fourth-order valence-electron chi connectivity index (χ4n) is 5.06. The molecule has 2 aromatic carbocycles. The minimum absolute atomic E-state index is 0.0930. The third-order valence-electron chi connectivity index (χ3n) is 7.44. The largest absolute Gasteiger partial charge is 0.460 e. The molecule has 0 saturated heterocycles. The van der Waals surface area contributed by atoms with Crippen LogP contribution in [0.25, 0.3) is 11.1 Å². The van der Waals surface area contributed by atoms with Crippen LogP contribution in [0.2, 0.25) is 5.02 Å². The molecule has 0 saturated carbocycles. The van der Waals surface area contributed by atoms with E-state index in [1.54, 1.807) is 57.0 Å². The molecular formula is C34H44ClN3O5S. The van der Waals surface area contributed by atoms with Crippen LogP contribution in [0.1, 0.15) is 76.6 Å². The van der Waals surface area contributed by atoms with E-state index in [1.165, 1.54) is 11.2 Å². The number of hydrogen-bond acceptors (Lipinski definition) is 6. The quantitative estimate of drug-likeness (QED) is 0.145. The van der Waals surface area contributed by atoms with E-state index in [0.717, 1.165) is 22.3 Å². The van der Waals surface area contributed by atoms with E-state index in [9.17, 15) is 18.0 Å². The average Bonchev–Trinajstić information content (AvgIpc) is 2.94. The number of hydrogen-bond donors (Lipinski definition) is 0. The van der Waals surface area contributed by atoms with Crippen LogP contribution in [0.4, 0.5) is 0 Å². The van der Waals surface area contributed by atoms with Crippen molar-refractivity contribution in [1.82, 2.24) is 14.2 Å². The number of aromatic nitrogens is 1. The highest BCUT2D eigenvalue weighted by atomic mass is 35.5. The topological polar surface area (TPSA) is 96.9 Å². The summed E-state index contributed by atoms with van der Waals surface area (Å²) in [5.41, 5.74) is 3.79. The molecule has 0 spiro atoms. The van der Waals surface area contributed by atoms with Gasteiger partial charge in [0.2, 0.25) is 15.9 Å². The van der Waals surface area contributed by atoms with Gasteiger partial charge in [0.1, 0.15) is 5.60 Å². The van der Waals surface area contributed by atoms with Crippen molar-refractivity contribution < 1.29 is 22.7 Å². The zero-order chi connectivity index (χ0) is 32.7. The summed E-state index contributed by atoms with van der Waals surface area (Å²) in [4.78, 5) is 30.5. The summed E-state index contributed by atoms with van der Waals surface area (Å²) < 4.78 is 35.3. The molecule has 0 aliphatic carbocycles. The summed E-state index contributed by atoms with van der Waals surface area (Å²) in [5, 5.41) is 0.385. The fourth-order valence-corrected chi connectivity index (χ4v) is 7.20. The number of ether oxygens (including phenoxy) is 1. The summed E-state index contributed by atoms with van der Waals surface area (Å²) in [6.45, 7) is 13.3. The Hall–Kier alpha value is -3.27. The van der Waals surface area contributed by atoms with E-state index >= 15 is 0 Å². The Labute approximate surface area is 267 Å². The van der Waals surface area contributed by atoms with E-state index in [4.69, 9.17) is 16.3 Å².